The number of rotatable bonds is 12. The van der Waals surface area contributed by atoms with Crippen LogP contribution < -0.4 is 10.1 Å². The largest absolute Gasteiger partial charge is 0.491 e. The number of amides is 1. The first-order valence-electron chi connectivity index (χ1n) is 9.89. The lowest BCUT2D eigenvalue weighted by molar-refractivity contribution is -0.385. The van der Waals surface area contributed by atoms with Crippen LogP contribution in [0.2, 0.25) is 0 Å². The standard InChI is InChI=1S/C21H24N4O8/c1-23(10-9-15-3-5-16(6-4-15)24(28)29)11-12-33-19-8-7-17(25(30)31)13-18(19)21(27)22-14-20(26)32-2/h3-8,13H,9-12,14H2,1-2H3,(H,22,27). The predicted octanol–water partition coefficient (Wildman–Crippen LogP) is 1.96. The summed E-state index contributed by atoms with van der Waals surface area (Å²) < 4.78 is 10.1. The summed E-state index contributed by atoms with van der Waals surface area (Å²) in [5.74, 6) is -1.22. The van der Waals surface area contributed by atoms with Crippen LogP contribution in [0.5, 0.6) is 5.75 Å². The first kappa shape index (κ1) is 25.2. The van der Waals surface area contributed by atoms with E-state index in [9.17, 15) is 29.8 Å². The number of carbonyl (C=O) groups is 2. The smallest absolute Gasteiger partial charge is 0.325 e. The second-order valence-corrected chi connectivity index (χ2v) is 7.02. The van der Waals surface area contributed by atoms with Crippen molar-refractivity contribution in [2.24, 2.45) is 0 Å². The Labute approximate surface area is 189 Å². The maximum absolute atomic E-state index is 12.4. The van der Waals surface area contributed by atoms with E-state index in [-0.39, 0.29) is 35.8 Å². The van der Waals surface area contributed by atoms with Gasteiger partial charge >= 0.3 is 5.97 Å². The van der Waals surface area contributed by atoms with Gasteiger partial charge in [-0.2, -0.15) is 0 Å². The third-order valence-electron chi connectivity index (χ3n) is 4.70. The Hall–Kier alpha value is -4.06. The molecule has 0 bridgehead atoms. The summed E-state index contributed by atoms with van der Waals surface area (Å²) in [7, 11) is 3.04. The summed E-state index contributed by atoms with van der Waals surface area (Å²) >= 11 is 0. The van der Waals surface area contributed by atoms with Gasteiger partial charge in [-0.15, -0.1) is 0 Å². The minimum atomic E-state index is -0.703. The zero-order chi connectivity index (χ0) is 24.4. The molecule has 2 aromatic rings. The van der Waals surface area contributed by atoms with Crippen LogP contribution in [0.25, 0.3) is 0 Å². The van der Waals surface area contributed by atoms with Gasteiger partial charge in [-0.25, -0.2) is 0 Å². The van der Waals surface area contributed by atoms with Crippen LogP contribution in [-0.2, 0) is 16.0 Å². The number of non-ortho nitro benzene ring substituents is 2. The Morgan fingerprint density at radius 1 is 1.00 bits per heavy atom. The van der Waals surface area contributed by atoms with E-state index in [1.54, 1.807) is 12.1 Å². The lowest BCUT2D eigenvalue weighted by Gasteiger charge is -2.18. The molecule has 2 aromatic carbocycles. The van der Waals surface area contributed by atoms with Crippen molar-refractivity contribution in [2.75, 3.05) is 40.4 Å². The van der Waals surface area contributed by atoms with Gasteiger partial charge in [0.15, 0.2) is 0 Å². The molecule has 0 aromatic heterocycles. The van der Waals surface area contributed by atoms with Crippen LogP contribution in [-0.4, -0.2) is 67.0 Å². The average molecular weight is 460 g/mol. The van der Waals surface area contributed by atoms with Gasteiger partial charge in [0.25, 0.3) is 17.3 Å². The molecular weight excluding hydrogens is 436 g/mol. The quantitative estimate of drug-likeness (QED) is 0.284. The first-order valence-corrected chi connectivity index (χ1v) is 9.89. The highest BCUT2D eigenvalue weighted by atomic mass is 16.6. The molecule has 2 rings (SSSR count). The predicted molar refractivity (Wildman–Crippen MR) is 117 cm³/mol. The monoisotopic (exact) mass is 460 g/mol. The number of carbonyl (C=O) groups excluding carboxylic acids is 2. The third-order valence-corrected chi connectivity index (χ3v) is 4.70. The van der Waals surface area contributed by atoms with Crippen molar-refractivity contribution in [3.63, 3.8) is 0 Å². The Kier molecular flexibility index (Phi) is 9.24. The van der Waals surface area contributed by atoms with E-state index in [0.29, 0.717) is 19.5 Å². The van der Waals surface area contributed by atoms with E-state index >= 15 is 0 Å². The summed E-state index contributed by atoms with van der Waals surface area (Å²) in [5, 5.41) is 24.1. The molecule has 0 saturated heterocycles. The minimum absolute atomic E-state index is 0.0371. The molecule has 0 atom stereocenters. The molecule has 0 spiro atoms. The fourth-order valence-corrected chi connectivity index (χ4v) is 2.78. The van der Waals surface area contributed by atoms with Gasteiger partial charge in [0.1, 0.15) is 18.9 Å². The van der Waals surface area contributed by atoms with Gasteiger partial charge in [-0.3, -0.25) is 29.8 Å². The van der Waals surface area contributed by atoms with Crippen LogP contribution in [0.15, 0.2) is 42.5 Å². The molecule has 0 aliphatic heterocycles. The minimum Gasteiger partial charge on any atom is -0.491 e. The van der Waals surface area contributed by atoms with E-state index in [0.717, 1.165) is 11.6 Å². The molecule has 0 radical (unpaired) electrons. The second kappa shape index (κ2) is 12.1. The van der Waals surface area contributed by atoms with Crippen molar-refractivity contribution < 1.29 is 28.9 Å². The van der Waals surface area contributed by atoms with Crippen molar-refractivity contribution in [3.8, 4) is 5.75 Å². The molecule has 176 valence electrons. The third kappa shape index (κ3) is 7.85. The van der Waals surface area contributed by atoms with Crippen molar-refractivity contribution in [1.82, 2.24) is 10.2 Å². The summed E-state index contributed by atoms with van der Waals surface area (Å²) in [6.07, 6.45) is 0.674. The van der Waals surface area contributed by atoms with Gasteiger partial charge in [-0.1, -0.05) is 12.1 Å². The van der Waals surface area contributed by atoms with Gasteiger partial charge in [0.2, 0.25) is 0 Å². The molecule has 0 heterocycles. The van der Waals surface area contributed by atoms with E-state index in [4.69, 9.17) is 4.74 Å². The van der Waals surface area contributed by atoms with Crippen LogP contribution >= 0.6 is 0 Å². The lowest BCUT2D eigenvalue weighted by atomic mass is 10.1. The Balaban J connectivity index is 1.93. The van der Waals surface area contributed by atoms with Gasteiger partial charge < -0.3 is 19.7 Å². The number of nitrogens with one attached hydrogen (secondary N) is 1. The first-order chi connectivity index (χ1) is 15.7. The normalized spacial score (nSPS) is 10.5. The molecule has 0 unspecified atom stereocenters. The van der Waals surface area contributed by atoms with Crippen LogP contribution in [0.3, 0.4) is 0 Å². The zero-order valence-corrected chi connectivity index (χ0v) is 18.2. The maximum Gasteiger partial charge on any atom is 0.325 e. The van der Waals surface area contributed by atoms with E-state index in [2.05, 4.69) is 10.1 Å². The number of nitrogens with zero attached hydrogens (tertiary/aromatic N) is 3. The number of likely N-dealkylation sites (N-methyl/N-ethyl adjacent to an activating group) is 1. The summed E-state index contributed by atoms with van der Waals surface area (Å²) in [6.45, 7) is 0.968. The van der Waals surface area contributed by atoms with Gasteiger partial charge in [0, 0.05) is 37.4 Å². The number of hydrogen-bond acceptors (Lipinski definition) is 9. The van der Waals surface area contributed by atoms with Gasteiger partial charge in [-0.05, 0) is 25.1 Å². The molecule has 0 saturated carbocycles. The Bertz CT molecular complexity index is 1010. The SMILES string of the molecule is COC(=O)CNC(=O)c1cc([N+](=O)[O-])ccc1OCCN(C)CCc1ccc([N+](=O)[O-])cc1. The Morgan fingerprint density at radius 3 is 2.24 bits per heavy atom. The molecule has 12 nitrogen and oxygen atoms in total. The number of benzene rings is 2. The second-order valence-electron chi connectivity index (χ2n) is 7.02. The fraction of sp³-hybridized carbons (Fsp3) is 0.333. The summed E-state index contributed by atoms with van der Waals surface area (Å²) in [5.41, 5.74) is 0.635. The maximum atomic E-state index is 12.4. The Morgan fingerprint density at radius 2 is 1.64 bits per heavy atom. The van der Waals surface area contributed by atoms with E-state index in [1.807, 2.05) is 11.9 Å². The summed E-state index contributed by atoms with van der Waals surface area (Å²) in [6, 6.07) is 9.98. The molecule has 1 N–H and O–H groups in total. The summed E-state index contributed by atoms with van der Waals surface area (Å²) in [4.78, 5) is 46.3. The molecule has 33 heavy (non-hydrogen) atoms. The van der Waals surface area contributed by atoms with Gasteiger partial charge in [0.05, 0.1) is 22.5 Å². The number of methoxy groups -OCH3 is 1. The molecular formula is C21H24N4O8. The number of nitro benzene ring substituents is 2. The average Bonchev–Trinajstić information content (AvgIpc) is 2.81. The van der Waals surface area contributed by atoms with Crippen LogP contribution in [0.4, 0.5) is 11.4 Å². The van der Waals surface area contributed by atoms with E-state index < -0.39 is 21.7 Å². The van der Waals surface area contributed by atoms with Crippen LogP contribution in [0, 0.1) is 20.2 Å². The molecule has 0 aliphatic carbocycles. The van der Waals surface area contributed by atoms with Crippen LogP contribution in [0.1, 0.15) is 15.9 Å². The van der Waals surface area contributed by atoms with Crippen molar-refractivity contribution in [2.45, 2.75) is 6.42 Å². The molecule has 0 aliphatic rings. The highest BCUT2D eigenvalue weighted by molar-refractivity contribution is 5.99. The zero-order valence-electron chi connectivity index (χ0n) is 18.2. The van der Waals surface area contributed by atoms with Crippen molar-refractivity contribution in [1.29, 1.82) is 0 Å². The highest BCUT2D eigenvalue weighted by Gasteiger charge is 2.19. The highest BCUT2D eigenvalue weighted by Crippen LogP contribution is 2.24. The number of hydrogen-bond donors (Lipinski definition) is 1. The lowest BCUT2D eigenvalue weighted by Crippen LogP contribution is -2.31. The van der Waals surface area contributed by atoms with Crippen molar-refractivity contribution in [3.05, 3.63) is 73.8 Å². The number of esters is 1. The number of nitro groups is 2. The molecule has 1 amide bonds. The van der Waals surface area contributed by atoms with Crippen molar-refractivity contribution >= 4 is 23.3 Å². The molecule has 12 heteroatoms. The number of ether oxygens (including phenoxy) is 2. The fourth-order valence-electron chi connectivity index (χ4n) is 2.78. The molecule has 0 fully saturated rings. The van der Waals surface area contributed by atoms with E-state index in [1.165, 1.54) is 31.4 Å². The topological polar surface area (TPSA) is 154 Å².